The van der Waals surface area contributed by atoms with E-state index in [1.807, 2.05) is 6.07 Å². The van der Waals surface area contributed by atoms with Gasteiger partial charge in [0, 0.05) is 10.8 Å². The number of alkyl halides is 1. The highest BCUT2D eigenvalue weighted by molar-refractivity contribution is 6.21. The van der Waals surface area contributed by atoms with Crippen molar-refractivity contribution in [1.82, 2.24) is 0 Å². The number of hydrogen-bond acceptors (Lipinski definition) is 1. The Hall–Kier alpha value is -0.530. The first kappa shape index (κ1) is 12.5. The molecule has 2 aliphatic rings. The summed E-state index contributed by atoms with van der Waals surface area (Å²) in [5.74, 6) is 0. The molecule has 0 aromatic heterocycles. The maximum absolute atomic E-state index is 6.48. The largest absolute Gasteiger partial charge is 0.373 e. The summed E-state index contributed by atoms with van der Waals surface area (Å²) in [5, 5.41) is 0.346. The van der Waals surface area contributed by atoms with Crippen LogP contribution in [-0.4, -0.2) is 11.5 Å². The molecule has 98 valence electrons. The Morgan fingerprint density at radius 2 is 1.83 bits per heavy atom. The Balaban J connectivity index is 1.60. The number of benzene rings is 1. The molecule has 18 heavy (non-hydrogen) atoms. The first-order valence-electron chi connectivity index (χ1n) is 7.11. The van der Waals surface area contributed by atoms with Gasteiger partial charge in [0.25, 0.3) is 0 Å². The molecular weight excluding hydrogens is 244 g/mol. The number of ether oxygens (including phenoxy) is 1. The summed E-state index contributed by atoms with van der Waals surface area (Å²) >= 11 is 6.48. The molecule has 0 N–H and O–H groups in total. The Morgan fingerprint density at radius 1 is 1.11 bits per heavy atom. The minimum Gasteiger partial charge on any atom is -0.373 e. The van der Waals surface area contributed by atoms with Crippen LogP contribution < -0.4 is 0 Å². The van der Waals surface area contributed by atoms with Crippen LogP contribution in [0.15, 0.2) is 30.3 Å². The summed E-state index contributed by atoms with van der Waals surface area (Å²) in [6, 6.07) is 10.4. The summed E-state index contributed by atoms with van der Waals surface area (Å²) in [5.41, 5.74) is 1.57. The van der Waals surface area contributed by atoms with E-state index in [1.54, 1.807) is 0 Å². The van der Waals surface area contributed by atoms with Crippen LogP contribution in [0.5, 0.6) is 0 Å². The first-order valence-corrected chi connectivity index (χ1v) is 7.54. The zero-order valence-corrected chi connectivity index (χ0v) is 11.5. The highest BCUT2D eigenvalue weighted by Gasteiger charge is 2.54. The average Bonchev–Trinajstić information content (AvgIpc) is 2.45. The smallest absolute Gasteiger partial charge is 0.0720 e. The van der Waals surface area contributed by atoms with Crippen molar-refractivity contribution in [3.8, 4) is 0 Å². The lowest BCUT2D eigenvalue weighted by molar-refractivity contribution is -0.131. The third-order valence-corrected chi connectivity index (χ3v) is 5.38. The molecule has 0 heterocycles. The number of hydrogen-bond donors (Lipinski definition) is 0. The third-order valence-electron chi connectivity index (χ3n) is 4.76. The molecule has 3 rings (SSSR count). The standard InChI is InChI=1S/C16H21ClO/c17-14-11-15(16(14)9-5-2-6-10-16)18-12-13-7-3-1-4-8-13/h1,3-4,7-8,14-15H,2,5-6,9-12H2. The minimum atomic E-state index is 0.300. The maximum Gasteiger partial charge on any atom is 0.0720 e. The lowest BCUT2D eigenvalue weighted by Crippen LogP contribution is -2.56. The topological polar surface area (TPSA) is 9.23 Å². The van der Waals surface area contributed by atoms with E-state index in [0.29, 0.717) is 16.9 Å². The van der Waals surface area contributed by atoms with Gasteiger partial charge in [-0.15, -0.1) is 11.6 Å². The maximum atomic E-state index is 6.48. The Labute approximate surface area is 114 Å². The van der Waals surface area contributed by atoms with Crippen molar-refractivity contribution in [3.05, 3.63) is 35.9 Å². The summed E-state index contributed by atoms with van der Waals surface area (Å²) < 4.78 is 6.14. The molecule has 1 aromatic carbocycles. The van der Waals surface area contributed by atoms with Gasteiger partial charge in [0.15, 0.2) is 0 Å². The highest BCUT2D eigenvalue weighted by Crippen LogP contribution is 2.55. The van der Waals surface area contributed by atoms with E-state index in [2.05, 4.69) is 24.3 Å². The molecule has 2 aliphatic carbocycles. The molecule has 0 bridgehead atoms. The van der Waals surface area contributed by atoms with Crippen molar-refractivity contribution in [2.45, 2.75) is 56.6 Å². The number of halogens is 1. The molecule has 2 atom stereocenters. The molecule has 0 aliphatic heterocycles. The fourth-order valence-electron chi connectivity index (χ4n) is 3.55. The van der Waals surface area contributed by atoms with Gasteiger partial charge >= 0.3 is 0 Å². The van der Waals surface area contributed by atoms with Gasteiger partial charge in [-0.2, -0.15) is 0 Å². The van der Waals surface area contributed by atoms with Gasteiger partial charge < -0.3 is 4.74 Å². The van der Waals surface area contributed by atoms with E-state index in [1.165, 1.54) is 37.7 Å². The second kappa shape index (κ2) is 5.22. The quantitative estimate of drug-likeness (QED) is 0.729. The molecule has 2 unspecified atom stereocenters. The zero-order valence-electron chi connectivity index (χ0n) is 10.8. The Bertz CT molecular complexity index is 383. The van der Waals surface area contributed by atoms with Crippen LogP contribution in [0.3, 0.4) is 0 Å². The van der Waals surface area contributed by atoms with Crippen molar-refractivity contribution in [3.63, 3.8) is 0 Å². The van der Waals surface area contributed by atoms with E-state index < -0.39 is 0 Å². The van der Waals surface area contributed by atoms with Gasteiger partial charge in [-0.05, 0) is 24.8 Å². The third kappa shape index (κ3) is 2.19. The van der Waals surface area contributed by atoms with Crippen LogP contribution in [0, 0.1) is 5.41 Å². The minimum absolute atomic E-state index is 0.300. The van der Waals surface area contributed by atoms with Crippen molar-refractivity contribution < 1.29 is 4.74 Å². The molecule has 1 nitrogen and oxygen atoms in total. The summed E-state index contributed by atoms with van der Waals surface area (Å²) in [6.45, 7) is 0.733. The van der Waals surface area contributed by atoms with Crippen LogP contribution in [0.25, 0.3) is 0 Å². The summed E-state index contributed by atoms with van der Waals surface area (Å²) in [6.07, 6.45) is 7.98. The van der Waals surface area contributed by atoms with E-state index in [0.717, 1.165) is 13.0 Å². The van der Waals surface area contributed by atoms with E-state index in [9.17, 15) is 0 Å². The highest BCUT2D eigenvalue weighted by atomic mass is 35.5. The molecule has 1 aromatic rings. The lowest BCUT2D eigenvalue weighted by Gasteiger charge is -2.55. The molecule has 0 amide bonds. The van der Waals surface area contributed by atoms with Gasteiger partial charge in [-0.25, -0.2) is 0 Å². The monoisotopic (exact) mass is 264 g/mol. The predicted octanol–water partition coefficient (Wildman–Crippen LogP) is 4.53. The van der Waals surface area contributed by atoms with Crippen molar-refractivity contribution in [2.75, 3.05) is 0 Å². The predicted molar refractivity (Wildman–Crippen MR) is 74.8 cm³/mol. The molecule has 1 spiro atoms. The van der Waals surface area contributed by atoms with Crippen LogP contribution in [0.2, 0.25) is 0 Å². The van der Waals surface area contributed by atoms with E-state index in [4.69, 9.17) is 16.3 Å². The molecule has 0 saturated heterocycles. The van der Waals surface area contributed by atoms with Crippen molar-refractivity contribution in [1.29, 1.82) is 0 Å². The number of rotatable bonds is 3. The second-order valence-electron chi connectivity index (χ2n) is 5.78. The van der Waals surface area contributed by atoms with Gasteiger partial charge in [-0.3, -0.25) is 0 Å². The molecule has 2 fully saturated rings. The fraction of sp³-hybridized carbons (Fsp3) is 0.625. The Morgan fingerprint density at radius 3 is 2.50 bits per heavy atom. The second-order valence-corrected chi connectivity index (χ2v) is 6.31. The van der Waals surface area contributed by atoms with E-state index in [-0.39, 0.29) is 0 Å². The van der Waals surface area contributed by atoms with Crippen molar-refractivity contribution >= 4 is 11.6 Å². The Kier molecular flexibility index (Phi) is 3.63. The summed E-state index contributed by atoms with van der Waals surface area (Å²) in [7, 11) is 0. The normalized spacial score (nSPS) is 30.1. The average molecular weight is 265 g/mol. The van der Waals surface area contributed by atoms with Gasteiger partial charge in [-0.1, -0.05) is 49.6 Å². The molecular formula is C16H21ClO. The van der Waals surface area contributed by atoms with Crippen LogP contribution in [-0.2, 0) is 11.3 Å². The zero-order chi connectivity index (χ0) is 12.4. The van der Waals surface area contributed by atoms with Gasteiger partial charge in [0.05, 0.1) is 12.7 Å². The SMILES string of the molecule is ClC1CC(OCc2ccccc2)C12CCCCC2. The molecule has 2 saturated carbocycles. The van der Waals surface area contributed by atoms with Crippen molar-refractivity contribution in [2.24, 2.45) is 5.41 Å². The fourth-order valence-corrected chi connectivity index (χ4v) is 4.07. The summed E-state index contributed by atoms with van der Waals surface area (Å²) in [4.78, 5) is 0. The lowest BCUT2D eigenvalue weighted by atomic mass is 9.58. The molecule has 0 radical (unpaired) electrons. The first-order chi connectivity index (χ1) is 8.81. The molecule has 2 heteroatoms. The van der Waals surface area contributed by atoms with Gasteiger partial charge in [0.2, 0.25) is 0 Å². The van der Waals surface area contributed by atoms with Crippen LogP contribution >= 0.6 is 11.6 Å². The van der Waals surface area contributed by atoms with Gasteiger partial charge in [0.1, 0.15) is 0 Å². The van der Waals surface area contributed by atoms with Crippen LogP contribution in [0.4, 0.5) is 0 Å². The van der Waals surface area contributed by atoms with Crippen LogP contribution in [0.1, 0.15) is 44.1 Å². The van der Waals surface area contributed by atoms with E-state index >= 15 is 0 Å².